The molecule has 7 heteroatoms. The van der Waals surface area contributed by atoms with Crippen molar-refractivity contribution in [3.05, 3.63) is 28.8 Å². The molecule has 2 fully saturated rings. The van der Waals surface area contributed by atoms with Gasteiger partial charge in [-0.25, -0.2) is 4.98 Å². The number of benzene rings is 1. The largest absolute Gasteiger partial charge is 0.343 e. The maximum Gasteiger partial charge on any atom is 0.246 e. The molecule has 2 aromatic rings. The molecule has 1 aromatic heterocycles. The lowest BCUT2D eigenvalue weighted by Gasteiger charge is -2.35. The van der Waals surface area contributed by atoms with Gasteiger partial charge >= 0.3 is 0 Å². The molecule has 2 heterocycles. The van der Waals surface area contributed by atoms with E-state index in [0.29, 0.717) is 0 Å². The van der Waals surface area contributed by atoms with Crippen LogP contribution in [0.1, 0.15) is 68.5 Å². The molecule has 0 spiro atoms. The SMILES string of the molecule is CNC(C)C(=O)NC(C(=O)N1CCCC1c1nc2c(C)cccc2s1)C1CCCCC1. The Balaban J connectivity index is 1.59. The van der Waals surface area contributed by atoms with E-state index in [2.05, 4.69) is 35.8 Å². The first-order valence-electron chi connectivity index (χ1n) is 11.6. The molecular formula is C24H34N4O2S. The van der Waals surface area contributed by atoms with E-state index >= 15 is 0 Å². The standard InChI is InChI=1S/C24H34N4O2S/c1-15-9-7-13-19-20(15)27-23(31-19)18-12-8-14-28(18)24(30)21(17-10-5-4-6-11-17)26-22(29)16(2)25-3/h7,9,13,16-18,21,25H,4-6,8,10-12,14H2,1-3H3,(H,26,29). The Kier molecular flexibility index (Phi) is 6.92. The van der Waals surface area contributed by atoms with E-state index in [-0.39, 0.29) is 29.8 Å². The monoisotopic (exact) mass is 442 g/mol. The zero-order chi connectivity index (χ0) is 22.0. The number of para-hydroxylation sites is 1. The van der Waals surface area contributed by atoms with Gasteiger partial charge in [0.15, 0.2) is 0 Å². The Labute approximate surface area is 188 Å². The van der Waals surface area contributed by atoms with Gasteiger partial charge in [-0.3, -0.25) is 9.59 Å². The number of likely N-dealkylation sites (tertiary alicyclic amines) is 1. The van der Waals surface area contributed by atoms with E-state index in [1.54, 1.807) is 18.4 Å². The fraction of sp³-hybridized carbons (Fsp3) is 0.625. The predicted molar refractivity (Wildman–Crippen MR) is 125 cm³/mol. The number of hydrogen-bond donors (Lipinski definition) is 2. The van der Waals surface area contributed by atoms with Gasteiger partial charge in [0, 0.05) is 6.54 Å². The molecular weight excluding hydrogens is 408 g/mol. The van der Waals surface area contributed by atoms with Crippen molar-refractivity contribution in [2.24, 2.45) is 5.92 Å². The molecule has 3 atom stereocenters. The number of hydrogen-bond acceptors (Lipinski definition) is 5. The zero-order valence-corrected chi connectivity index (χ0v) is 19.6. The number of thiazole rings is 1. The second-order valence-electron chi connectivity index (χ2n) is 9.06. The summed E-state index contributed by atoms with van der Waals surface area (Å²) in [6.45, 7) is 4.65. The Morgan fingerprint density at radius 1 is 1.16 bits per heavy atom. The van der Waals surface area contributed by atoms with Crippen molar-refractivity contribution in [1.82, 2.24) is 20.5 Å². The minimum absolute atomic E-state index is 0.00835. The number of aryl methyl sites for hydroxylation is 1. The van der Waals surface area contributed by atoms with Crippen LogP contribution in [0.25, 0.3) is 10.2 Å². The topological polar surface area (TPSA) is 74.3 Å². The molecule has 31 heavy (non-hydrogen) atoms. The van der Waals surface area contributed by atoms with Crippen molar-refractivity contribution in [2.75, 3.05) is 13.6 Å². The van der Waals surface area contributed by atoms with Crippen LogP contribution < -0.4 is 10.6 Å². The van der Waals surface area contributed by atoms with Crippen molar-refractivity contribution in [1.29, 1.82) is 0 Å². The molecule has 3 unspecified atom stereocenters. The van der Waals surface area contributed by atoms with Gasteiger partial charge in [0.25, 0.3) is 0 Å². The van der Waals surface area contributed by atoms with Crippen LogP contribution in [-0.4, -0.2) is 47.4 Å². The minimum Gasteiger partial charge on any atom is -0.343 e. The maximum absolute atomic E-state index is 13.8. The van der Waals surface area contributed by atoms with E-state index in [1.807, 2.05) is 11.8 Å². The number of carbonyl (C=O) groups is 2. The number of likely N-dealkylation sites (N-methyl/N-ethyl adjacent to an activating group) is 1. The van der Waals surface area contributed by atoms with Gasteiger partial charge in [0.1, 0.15) is 11.0 Å². The second-order valence-corrected chi connectivity index (χ2v) is 10.1. The van der Waals surface area contributed by atoms with Crippen molar-refractivity contribution in [3.63, 3.8) is 0 Å². The van der Waals surface area contributed by atoms with Gasteiger partial charge in [-0.1, -0.05) is 31.4 Å². The second kappa shape index (κ2) is 9.65. The molecule has 2 amide bonds. The molecule has 0 bridgehead atoms. The lowest BCUT2D eigenvalue weighted by molar-refractivity contribution is -0.139. The highest BCUT2D eigenvalue weighted by atomic mass is 32.1. The van der Waals surface area contributed by atoms with Gasteiger partial charge < -0.3 is 15.5 Å². The lowest BCUT2D eigenvalue weighted by atomic mass is 9.83. The van der Waals surface area contributed by atoms with Gasteiger partial charge in [-0.15, -0.1) is 11.3 Å². The van der Waals surface area contributed by atoms with Gasteiger partial charge in [-0.05, 0) is 64.1 Å². The summed E-state index contributed by atoms with van der Waals surface area (Å²) in [5.41, 5.74) is 2.21. The Morgan fingerprint density at radius 2 is 1.94 bits per heavy atom. The van der Waals surface area contributed by atoms with Crippen molar-refractivity contribution >= 4 is 33.4 Å². The van der Waals surface area contributed by atoms with Crippen molar-refractivity contribution < 1.29 is 9.59 Å². The third kappa shape index (κ3) is 4.62. The average molecular weight is 443 g/mol. The van der Waals surface area contributed by atoms with Crippen LogP contribution in [0.4, 0.5) is 0 Å². The van der Waals surface area contributed by atoms with E-state index in [1.165, 1.54) is 16.7 Å². The Hall–Kier alpha value is -1.99. The van der Waals surface area contributed by atoms with Crippen LogP contribution in [0.3, 0.4) is 0 Å². The number of aromatic nitrogens is 1. The fourth-order valence-electron chi connectivity index (χ4n) is 4.97. The van der Waals surface area contributed by atoms with E-state index in [4.69, 9.17) is 4.98 Å². The Bertz CT molecular complexity index is 937. The number of nitrogens with zero attached hydrogens (tertiary/aromatic N) is 2. The summed E-state index contributed by atoms with van der Waals surface area (Å²) in [5.74, 6) is 0.188. The highest BCUT2D eigenvalue weighted by Crippen LogP contribution is 2.38. The Morgan fingerprint density at radius 3 is 2.65 bits per heavy atom. The van der Waals surface area contributed by atoms with Crippen LogP contribution in [-0.2, 0) is 9.59 Å². The molecule has 2 aliphatic rings. The van der Waals surface area contributed by atoms with Gasteiger partial charge in [0.2, 0.25) is 11.8 Å². The summed E-state index contributed by atoms with van der Waals surface area (Å²) in [6.07, 6.45) is 7.40. The van der Waals surface area contributed by atoms with Gasteiger partial charge in [0.05, 0.1) is 22.3 Å². The fourth-order valence-corrected chi connectivity index (χ4v) is 6.16. The summed E-state index contributed by atoms with van der Waals surface area (Å²) in [5, 5.41) is 7.12. The van der Waals surface area contributed by atoms with Crippen LogP contribution in [0.2, 0.25) is 0 Å². The summed E-state index contributed by atoms with van der Waals surface area (Å²) >= 11 is 1.70. The number of nitrogens with one attached hydrogen (secondary N) is 2. The highest BCUT2D eigenvalue weighted by molar-refractivity contribution is 7.18. The molecule has 1 aliphatic heterocycles. The molecule has 1 aliphatic carbocycles. The van der Waals surface area contributed by atoms with Gasteiger partial charge in [-0.2, -0.15) is 0 Å². The molecule has 1 saturated carbocycles. The summed E-state index contributed by atoms with van der Waals surface area (Å²) < 4.78 is 1.18. The quantitative estimate of drug-likeness (QED) is 0.711. The number of fused-ring (bicyclic) bond motifs is 1. The van der Waals surface area contributed by atoms with Crippen LogP contribution >= 0.6 is 11.3 Å². The molecule has 4 rings (SSSR count). The van der Waals surface area contributed by atoms with Crippen molar-refractivity contribution in [2.45, 2.75) is 76.9 Å². The van der Waals surface area contributed by atoms with E-state index in [9.17, 15) is 9.59 Å². The number of amides is 2. The zero-order valence-electron chi connectivity index (χ0n) is 18.8. The maximum atomic E-state index is 13.8. The first kappa shape index (κ1) is 22.2. The van der Waals surface area contributed by atoms with Crippen molar-refractivity contribution in [3.8, 4) is 0 Å². The first-order valence-corrected chi connectivity index (χ1v) is 12.5. The smallest absolute Gasteiger partial charge is 0.246 e. The number of carbonyl (C=O) groups excluding carboxylic acids is 2. The summed E-state index contributed by atoms with van der Waals surface area (Å²) in [6, 6.07) is 5.50. The predicted octanol–water partition coefficient (Wildman–Crippen LogP) is 3.94. The van der Waals surface area contributed by atoms with Crippen LogP contribution in [0.5, 0.6) is 0 Å². The molecule has 1 saturated heterocycles. The number of rotatable bonds is 6. The molecule has 0 radical (unpaired) electrons. The normalized spacial score (nSPS) is 21.9. The molecule has 168 valence electrons. The third-order valence-electron chi connectivity index (χ3n) is 6.97. The first-order chi connectivity index (χ1) is 15.0. The minimum atomic E-state index is -0.444. The van der Waals surface area contributed by atoms with E-state index < -0.39 is 6.04 Å². The van der Waals surface area contributed by atoms with Crippen LogP contribution in [0, 0.1) is 12.8 Å². The summed E-state index contributed by atoms with van der Waals surface area (Å²) in [4.78, 5) is 33.4. The van der Waals surface area contributed by atoms with Crippen LogP contribution in [0.15, 0.2) is 18.2 Å². The average Bonchev–Trinajstić information content (AvgIpc) is 3.44. The summed E-state index contributed by atoms with van der Waals surface area (Å²) in [7, 11) is 1.77. The third-order valence-corrected chi connectivity index (χ3v) is 8.09. The molecule has 2 N–H and O–H groups in total. The lowest BCUT2D eigenvalue weighted by Crippen LogP contribution is -2.55. The van der Waals surface area contributed by atoms with E-state index in [0.717, 1.165) is 55.6 Å². The molecule has 1 aromatic carbocycles. The molecule has 6 nitrogen and oxygen atoms in total. The highest BCUT2D eigenvalue weighted by Gasteiger charge is 2.40.